The molecule has 1 fully saturated rings. The summed E-state index contributed by atoms with van der Waals surface area (Å²) in [4.78, 5) is 30.0. The number of para-hydroxylation sites is 1. The number of allylic oxidation sites excluding steroid dienone is 1. The van der Waals surface area contributed by atoms with Crippen molar-refractivity contribution < 1.29 is 14.0 Å². The molecular formula is C18H12N2O3S2. The molecule has 3 heterocycles. The molecule has 1 aromatic carbocycles. The smallest absolute Gasteiger partial charge is 0.266 e. The normalized spacial score (nSPS) is 16.3. The highest BCUT2D eigenvalue weighted by molar-refractivity contribution is 8.26. The van der Waals surface area contributed by atoms with E-state index >= 15 is 0 Å². The van der Waals surface area contributed by atoms with E-state index in [0.29, 0.717) is 20.5 Å². The number of H-pyrrole nitrogens is 1. The van der Waals surface area contributed by atoms with Gasteiger partial charge in [-0.1, -0.05) is 42.2 Å². The second-order valence-corrected chi connectivity index (χ2v) is 7.14. The van der Waals surface area contributed by atoms with E-state index in [2.05, 4.69) is 4.98 Å². The number of aromatic amines is 1. The predicted octanol–water partition coefficient (Wildman–Crippen LogP) is 3.89. The van der Waals surface area contributed by atoms with Gasteiger partial charge in [0.2, 0.25) is 0 Å². The molecule has 0 spiro atoms. The van der Waals surface area contributed by atoms with Gasteiger partial charge in [0.05, 0.1) is 17.7 Å². The number of carbonyl (C=O) groups is 2. The summed E-state index contributed by atoms with van der Waals surface area (Å²) >= 11 is 6.40. The van der Waals surface area contributed by atoms with Crippen molar-refractivity contribution in [2.45, 2.75) is 6.54 Å². The number of nitrogens with zero attached hydrogens (tertiary/aromatic N) is 1. The molecular weight excluding hydrogens is 356 g/mol. The number of thiocarbonyl (C=S) groups is 1. The summed E-state index contributed by atoms with van der Waals surface area (Å²) in [5.41, 5.74) is 1.41. The van der Waals surface area contributed by atoms with Crippen molar-refractivity contribution >= 4 is 50.9 Å². The van der Waals surface area contributed by atoms with E-state index in [4.69, 9.17) is 16.6 Å². The van der Waals surface area contributed by atoms with Crippen LogP contribution in [0, 0.1) is 0 Å². The van der Waals surface area contributed by atoms with Crippen molar-refractivity contribution in [2.75, 3.05) is 0 Å². The zero-order valence-corrected chi connectivity index (χ0v) is 14.5. The zero-order valence-electron chi connectivity index (χ0n) is 12.9. The van der Waals surface area contributed by atoms with E-state index in [1.807, 2.05) is 24.3 Å². The first-order valence-corrected chi connectivity index (χ1v) is 8.74. The Balaban J connectivity index is 1.60. The molecule has 1 N–H and O–H groups in total. The van der Waals surface area contributed by atoms with Crippen LogP contribution in [0.3, 0.4) is 0 Å². The van der Waals surface area contributed by atoms with Crippen LogP contribution in [0.2, 0.25) is 0 Å². The molecule has 1 amide bonds. The van der Waals surface area contributed by atoms with Gasteiger partial charge in [0.1, 0.15) is 10.1 Å². The molecule has 0 aliphatic carbocycles. The van der Waals surface area contributed by atoms with Crippen molar-refractivity contribution in [1.82, 2.24) is 9.88 Å². The number of benzene rings is 1. The van der Waals surface area contributed by atoms with Gasteiger partial charge in [0, 0.05) is 28.7 Å². The van der Waals surface area contributed by atoms with Crippen LogP contribution in [0.4, 0.5) is 0 Å². The summed E-state index contributed by atoms with van der Waals surface area (Å²) in [6, 6.07) is 11.1. The number of hydrogen-bond acceptors (Lipinski definition) is 5. The molecule has 0 unspecified atom stereocenters. The van der Waals surface area contributed by atoms with Gasteiger partial charge < -0.3 is 9.40 Å². The van der Waals surface area contributed by atoms with Crippen molar-refractivity contribution in [2.24, 2.45) is 0 Å². The van der Waals surface area contributed by atoms with Gasteiger partial charge in [0.25, 0.3) is 5.91 Å². The highest BCUT2D eigenvalue weighted by atomic mass is 32.2. The van der Waals surface area contributed by atoms with Crippen LogP contribution in [0.5, 0.6) is 0 Å². The summed E-state index contributed by atoms with van der Waals surface area (Å²) < 4.78 is 5.68. The largest absolute Gasteiger partial charge is 0.467 e. The van der Waals surface area contributed by atoms with E-state index in [-0.39, 0.29) is 18.2 Å². The van der Waals surface area contributed by atoms with Gasteiger partial charge in [0.15, 0.2) is 5.78 Å². The number of amides is 1. The molecule has 0 saturated carbocycles. The van der Waals surface area contributed by atoms with Crippen LogP contribution in [-0.4, -0.2) is 25.9 Å². The number of aromatic nitrogens is 1. The Morgan fingerprint density at radius 3 is 2.92 bits per heavy atom. The highest BCUT2D eigenvalue weighted by Crippen LogP contribution is 2.33. The molecule has 0 radical (unpaired) electrons. The Labute approximate surface area is 152 Å². The molecule has 1 aliphatic heterocycles. The second-order valence-electron chi connectivity index (χ2n) is 5.46. The van der Waals surface area contributed by atoms with Crippen molar-refractivity contribution in [3.8, 4) is 0 Å². The molecule has 7 heteroatoms. The summed E-state index contributed by atoms with van der Waals surface area (Å²) in [6.07, 6.45) is 4.56. The quantitative estimate of drug-likeness (QED) is 0.430. The van der Waals surface area contributed by atoms with Gasteiger partial charge in [-0.15, -0.1) is 0 Å². The first kappa shape index (κ1) is 15.9. The first-order chi connectivity index (χ1) is 12.1. The minimum absolute atomic E-state index is 0.226. The number of fused-ring (bicyclic) bond motifs is 1. The number of carbonyl (C=O) groups excluding carboxylic acids is 2. The summed E-state index contributed by atoms with van der Waals surface area (Å²) in [6.45, 7) is 0.260. The fourth-order valence-corrected chi connectivity index (χ4v) is 3.89. The molecule has 0 atom stereocenters. The fourth-order valence-electron chi connectivity index (χ4n) is 2.67. The van der Waals surface area contributed by atoms with Crippen molar-refractivity contribution in [1.29, 1.82) is 0 Å². The lowest BCUT2D eigenvalue weighted by Gasteiger charge is -2.11. The van der Waals surface area contributed by atoms with Gasteiger partial charge in [-0.25, -0.2) is 0 Å². The van der Waals surface area contributed by atoms with Crippen LogP contribution >= 0.6 is 24.0 Å². The van der Waals surface area contributed by atoms with E-state index in [1.54, 1.807) is 24.6 Å². The van der Waals surface area contributed by atoms with Crippen LogP contribution < -0.4 is 0 Å². The SMILES string of the molecule is O=C(/C=C1\SC(=S)N(Cc2ccco2)C1=O)c1c[nH]c2ccccc12. The Hall–Kier alpha value is -2.64. The van der Waals surface area contributed by atoms with E-state index in [1.165, 1.54) is 11.0 Å². The minimum atomic E-state index is -0.278. The molecule has 124 valence electrons. The number of hydrogen-bond donors (Lipinski definition) is 1. The van der Waals surface area contributed by atoms with Crippen molar-refractivity contribution in [3.05, 3.63) is 71.2 Å². The molecule has 1 saturated heterocycles. The molecule has 1 aliphatic rings. The average Bonchev–Trinajstić information content (AvgIpc) is 3.32. The van der Waals surface area contributed by atoms with E-state index in [9.17, 15) is 9.59 Å². The summed E-state index contributed by atoms with van der Waals surface area (Å²) in [5.74, 6) is 0.135. The third-order valence-electron chi connectivity index (χ3n) is 3.88. The second kappa shape index (κ2) is 6.34. The van der Waals surface area contributed by atoms with Crippen molar-refractivity contribution in [3.63, 3.8) is 0 Å². The van der Waals surface area contributed by atoms with E-state index < -0.39 is 0 Å². The topological polar surface area (TPSA) is 66.3 Å². The Kier molecular flexibility index (Phi) is 4.03. The van der Waals surface area contributed by atoms with Crippen LogP contribution in [-0.2, 0) is 11.3 Å². The lowest BCUT2D eigenvalue weighted by Crippen LogP contribution is -2.27. The van der Waals surface area contributed by atoms with Gasteiger partial charge in [-0.2, -0.15) is 0 Å². The number of furan rings is 1. The molecule has 5 nitrogen and oxygen atoms in total. The lowest BCUT2D eigenvalue weighted by molar-refractivity contribution is -0.122. The predicted molar refractivity (Wildman–Crippen MR) is 100 cm³/mol. The minimum Gasteiger partial charge on any atom is -0.467 e. The number of ketones is 1. The Bertz CT molecular complexity index is 1020. The zero-order chi connectivity index (χ0) is 17.4. The highest BCUT2D eigenvalue weighted by Gasteiger charge is 2.33. The van der Waals surface area contributed by atoms with Gasteiger partial charge in [-0.05, 0) is 18.2 Å². The Morgan fingerprint density at radius 2 is 2.12 bits per heavy atom. The van der Waals surface area contributed by atoms with Crippen LogP contribution in [0.25, 0.3) is 10.9 Å². The van der Waals surface area contributed by atoms with Crippen LogP contribution in [0.1, 0.15) is 16.1 Å². The molecule has 4 rings (SSSR count). The molecule has 0 bridgehead atoms. The van der Waals surface area contributed by atoms with E-state index in [0.717, 1.165) is 22.7 Å². The lowest BCUT2D eigenvalue weighted by atomic mass is 10.1. The average molecular weight is 368 g/mol. The standard InChI is InChI=1S/C18H12N2O3S2/c21-15(13-9-19-14-6-2-1-5-12(13)14)8-16-17(22)20(18(24)25-16)10-11-4-3-7-23-11/h1-9,19H,10H2/b16-8-. The van der Waals surface area contributed by atoms with Gasteiger partial charge >= 0.3 is 0 Å². The maximum Gasteiger partial charge on any atom is 0.266 e. The number of rotatable bonds is 4. The molecule has 2 aromatic heterocycles. The Morgan fingerprint density at radius 1 is 1.28 bits per heavy atom. The maximum absolute atomic E-state index is 12.6. The number of thioether (sulfide) groups is 1. The van der Waals surface area contributed by atoms with Gasteiger partial charge in [-0.3, -0.25) is 14.5 Å². The third kappa shape index (κ3) is 2.92. The first-order valence-electron chi connectivity index (χ1n) is 7.51. The monoisotopic (exact) mass is 368 g/mol. The number of nitrogens with one attached hydrogen (secondary N) is 1. The summed E-state index contributed by atoms with van der Waals surface area (Å²) in [7, 11) is 0. The maximum atomic E-state index is 12.6. The third-order valence-corrected chi connectivity index (χ3v) is 5.26. The molecule has 3 aromatic rings. The molecule has 25 heavy (non-hydrogen) atoms. The fraction of sp³-hybridized carbons (Fsp3) is 0.0556. The van der Waals surface area contributed by atoms with Crippen LogP contribution in [0.15, 0.2) is 64.3 Å². The summed E-state index contributed by atoms with van der Waals surface area (Å²) in [5, 5.41) is 0.829.